The number of carbonyl (C=O) groups excluding carboxylic acids is 1. The number of carbonyl (C=O) groups is 1. The Morgan fingerprint density at radius 3 is 2.71 bits per heavy atom. The number of H-pyrrole nitrogens is 1. The van der Waals surface area contributed by atoms with Crippen LogP contribution >= 0.6 is 11.8 Å². The summed E-state index contributed by atoms with van der Waals surface area (Å²) in [6, 6.07) is 10.1. The van der Waals surface area contributed by atoms with Gasteiger partial charge in [0.05, 0.1) is 5.25 Å². The zero-order chi connectivity index (χ0) is 15.2. The van der Waals surface area contributed by atoms with Crippen LogP contribution in [0.1, 0.15) is 25.3 Å². The lowest BCUT2D eigenvalue weighted by molar-refractivity contribution is -0.120. The molecular weight excluding hydrogens is 286 g/mol. The Labute approximate surface area is 127 Å². The van der Waals surface area contributed by atoms with E-state index in [1.54, 1.807) is 0 Å². The van der Waals surface area contributed by atoms with Crippen LogP contribution in [0.3, 0.4) is 0 Å². The van der Waals surface area contributed by atoms with E-state index in [1.165, 1.54) is 17.3 Å². The summed E-state index contributed by atoms with van der Waals surface area (Å²) >= 11 is 1.27. The monoisotopic (exact) mass is 305 g/mol. The van der Waals surface area contributed by atoms with Crippen molar-refractivity contribution in [3.8, 4) is 0 Å². The van der Waals surface area contributed by atoms with Crippen LogP contribution in [0.2, 0.25) is 0 Å². The molecule has 0 spiro atoms. The van der Waals surface area contributed by atoms with E-state index in [1.807, 2.05) is 25.1 Å². The zero-order valence-electron chi connectivity index (χ0n) is 12.0. The van der Waals surface area contributed by atoms with Crippen molar-refractivity contribution in [2.24, 2.45) is 0 Å². The van der Waals surface area contributed by atoms with E-state index in [2.05, 4.69) is 39.6 Å². The molecular formula is C14H19N5OS. The Morgan fingerprint density at radius 1 is 1.38 bits per heavy atom. The van der Waals surface area contributed by atoms with Gasteiger partial charge in [0.25, 0.3) is 0 Å². The number of hydrogen-bond donors (Lipinski definition) is 3. The second-order valence-corrected chi connectivity index (χ2v) is 6.13. The van der Waals surface area contributed by atoms with Gasteiger partial charge in [-0.1, -0.05) is 49.0 Å². The molecule has 21 heavy (non-hydrogen) atoms. The van der Waals surface area contributed by atoms with E-state index >= 15 is 0 Å². The third-order valence-electron chi connectivity index (χ3n) is 3.08. The summed E-state index contributed by atoms with van der Waals surface area (Å²) in [5.41, 5.74) is 6.66. The van der Waals surface area contributed by atoms with Crippen LogP contribution in [0.4, 0.5) is 5.95 Å². The molecule has 0 saturated carbocycles. The van der Waals surface area contributed by atoms with Gasteiger partial charge in [-0.2, -0.15) is 4.98 Å². The number of aromatic amines is 1. The highest BCUT2D eigenvalue weighted by Gasteiger charge is 2.17. The number of nitrogens with two attached hydrogens (primary N) is 1. The van der Waals surface area contributed by atoms with Crippen LogP contribution in [-0.4, -0.2) is 32.9 Å². The quantitative estimate of drug-likeness (QED) is 0.707. The maximum absolute atomic E-state index is 12.1. The van der Waals surface area contributed by atoms with Gasteiger partial charge in [-0.05, 0) is 18.4 Å². The molecule has 0 unspecified atom stereocenters. The molecule has 0 fully saturated rings. The Hall–Kier alpha value is -2.02. The van der Waals surface area contributed by atoms with E-state index in [-0.39, 0.29) is 23.0 Å². The van der Waals surface area contributed by atoms with E-state index in [9.17, 15) is 4.79 Å². The van der Waals surface area contributed by atoms with Gasteiger partial charge < -0.3 is 11.1 Å². The second-order valence-electron chi connectivity index (χ2n) is 4.82. The molecule has 0 bridgehead atoms. The highest BCUT2D eigenvalue weighted by molar-refractivity contribution is 8.00. The summed E-state index contributed by atoms with van der Waals surface area (Å²) < 4.78 is 0. The number of nitrogens with zero attached hydrogens (tertiary/aromatic N) is 2. The van der Waals surface area contributed by atoms with Gasteiger partial charge >= 0.3 is 0 Å². The van der Waals surface area contributed by atoms with Crippen LogP contribution < -0.4 is 11.1 Å². The fraction of sp³-hybridized carbons (Fsp3) is 0.357. The predicted molar refractivity (Wildman–Crippen MR) is 84.0 cm³/mol. The molecule has 2 aromatic rings. The molecule has 0 aliphatic carbocycles. The van der Waals surface area contributed by atoms with Crippen molar-refractivity contribution < 1.29 is 4.79 Å². The van der Waals surface area contributed by atoms with Crippen molar-refractivity contribution >= 4 is 23.6 Å². The summed E-state index contributed by atoms with van der Waals surface area (Å²) in [4.78, 5) is 16.0. The van der Waals surface area contributed by atoms with E-state index < -0.39 is 0 Å². The van der Waals surface area contributed by atoms with E-state index in [0.29, 0.717) is 11.7 Å². The minimum atomic E-state index is -0.275. The fourth-order valence-electron chi connectivity index (χ4n) is 1.82. The van der Waals surface area contributed by atoms with Crippen LogP contribution in [0.25, 0.3) is 0 Å². The number of aromatic nitrogens is 3. The third kappa shape index (κ3) is 4.49. The Balaban J connectivity index is 1.81. The summed E-state index contributed by atoms with van der Waals surface area (Å²) in [5, 5.41) is 9.61. The summed E-state index contributed by atoms with van der Waals surface area (Å²) in [6.07, 6.45) is 0. The Kier molecular flexibility index (Phi) is 5.21. The molecule has 1 amide bonds. The molecule has 1 aromatic heterocycles. The molecule has 2 rings (SSSR count). The Morgan fingerprint density at radius 2 is 2.10 bits per heavy atom. The van der Waals surface area contributed by atoms with Crippen LogP contribution in [-0.2, 0) is 4.79 Å². The third-order valence-corrected chi connectivity index (χ3v) is 4.05. The summed E-state index contributed by atoms with van der Waals surface area (Å²) in [5.74, 6) is 0.487. The van der Waals surface area contributed by atoms with Gasteiger partial charge in [0.1, 0.15) is 0 Å². The van der Waals surface area contributed by atoms with Gasteiger partial charge in [-0.15, -0.1) is 5.10 Å². The van der Waals surface area contributed by atoms with Gasteiger partial charge in [-0.25, -0.2) is 5.10 Å². The topological polar surface area (TPSA) is 96.7 Å². The van der Waals surface area contributed by atoms with Crippen LogP contribution in [0, 0.1) is 0 Å². The normalized spacial score (nSPS) is 13.6. The molecule has 6 nitrogen and oxygen atoms in total. The first-order valence-corrected chi connectivity index (χ1v) is 7.61. The SMILES string of the molecule is C[C@@H](Sc1n[nH]c(N)n1)C(=O)NC[C@H](C)c1ccccc1. The maximum atomic E-state index is 12.1. The number of nitrogens with one attached hydrogen (secondary N) is 2. The molecule has 112 valence electrons. The number of amides is 1. The minimum absolute atomic E-state index is 0.0360. The number of hydrogen-bond acceptors (Lipinski definition) is 5. The van der Waals surface area contributed by atoms with Crippen molar-refractivity contribution in [2.75, 3.05) is 12.3 Å². The van der Waals surface area contributed by atoms with Gasteiger partial charge in [0.15, 0.2) is 0 Å². The largest absolute Gasteiger partial charge is 0.368 e. The number of nitrogen functional groups attached to an aromatic ring is 1. The van der Waals surface area contributed by atoms with E-state index in [4.69, 9.17) is 5.73 Å². The van der Waals surface area contributed by atoms with Gasteiger partial charge in [-0.3, -0.25) is 4.79 Å². The minimum Gasteiger partial charge on any atom is -0.368 e. The molecule has 4 N–H and O–H groups in total. The van der Waals surface area contributed by atoms with E-state index in [0.717, 1.165) is 0 Å². The average Bonchev–Trinajstić information content (AvgIpc) is 2.90. The van der Waals surface area contributed by atoms with Crippen LogP contribution in [0.15, 0.2) is 35.5 Å². The van der Waals surface area contributed by atoms with Crippen molar-refractivity contribution in [3.63, 3.8) is 0 Å². The molecule has 0 radical (unpaired) electrons. The molecule has 0 aliphatic heterocycles. The maximum Gasteiger partial charge on any atom is 0.233 e. The highest BCUT2D eigenvalue weighted by Crippen LogP contribution is 2.20. The zero-order valence-corrected chi connectivity index (χ0v) is 12.9. The number of anilines is 1. The van der Waals surface area contributed by atoms with Crippen molar-refractivity contribution in [1.82, 2.24) is 20.5 Å². The average molecular weight is 305 g/mol. The smallest absolute Gasteiger partial charge is 0.233 e. The highest BCUT2D eigenvalue weighted by atomic mass is 32.2. The number of thioether (sulfide) groups is 1. The lowest BCUT2D eigenvalue weighted by Crippen LogP contribution is -2.33. The van der Waals surface area contributed by atoms with Crippen molar-refractivity contribution in [3.05, 3.63) is 35.9 Å². The molecule has 1 heterocycles. The summed E-state index contributed by atoms with van der Waals surface area (Å²) in [6.45, 7) is 4.51. The van der Waals surface area contributed by atoms with Gasteiger partial charge in [0.2, 0.25) is 17.0 Å². The fourth-order valence-corrected chi connectivity index (χ4v) is 2.58. The molecule has 0 saturated heterocycles. The first kappa shape index (κ1) is 15.4. The van der Waals surface area contributed by atoms with Crippen molar-refractivity contribution in [1.29, 1.82) is 0 Å². The lowest BCUT2D eigenvalue weighted by Gasteiger charge is -2.15. The van der Waals surface area contributed by atoms with Gasteiger partial charge in [0, 0.05) is 6.54 Å². The first-order chi connectivity index (χ1) is 10.1. The number of benzene rings is 1. The summed E-state index contributed by atoms with van der Waals surface area (Å²) in [7, 11) is 0. The van der Waals surface area contributed by atoms with Crippen LogP contribution in [0.5, 0.6) is 0 Å². The first-order valence-electron chi connectivity index (χ1n) is 6.73. The number of rotatable bonds is 6. The lowest BCUT2D eigenvalue weighted by atomic mass is 10.0. The Bertz CT molecular complexity index is 586. The standard InChI is InChI=1S/C14H19N5OS/c1-9(11-6-4-3-5-7-11)8-16-12(20)10(2)21-14-17-13(15)18-19-14/h3-7,9-10H,8H2,1-2H3,(H,16,20)(H3,15,17,18,19)/t9-,10+/m0/s1. The predicted octanol–water partition coefficient (Wildman–Crippen LogP) is 1.79. The molecule has 1 aromatic carbocycles. The molecule has 2 atom stereocenters. The second kappa shape index (κ2) is 7.12. The molecule has 7 heteroatoms. The van der Waals surface area contributed by atoms with Crippen molar-refractivity contribution in [2.45, 2.75) is 30.2 Å². The molecule has 0 aliphatic rings.